The van der Waals surface area contributed by atoms with Crippen molar-refractivity contribution >= 4 is 20.9 Å². The monoisotopic (exact) mass is 332 g/mol. The average molecular weight is 332 g/mol. The van der Waals surface area contributed by atoms with E-state index in [1.165, 1.54) is 10.6 Å². The molecule has 3 aromatic rings. The summed E-state index contributed by atoms with van der Waals surface area (Å²) in [6, 6.07) is 3.28. The first-order valence-electron chi connectivity index (χ1n) is 7.01. The van der Waals surface area contributed by atoms with Crippen LogP contribution in [0, 0.1) is 0 Å². The fourth-order valence-electron chi connectivity index (χ4n) is 2.63. The second-order valence-electron chi connectivity index (χ2n) is 5.29. The van der Waals surface area contributed by atoms with Gasteiger partial charge in [-0.05, 0) is 18.6 Å². The maximum atomic E-state index is 12.1. The van der Waals surface area contributed by atoms with E-state index in [1.54, 1.807) is 31.7 Å². The minimum absolute atomic E-state index is 0.00930. The van der Waals surface area contributed by atoms with Crippen LogP contribution in [0.15, 0.2) is 40.4 Å². The minimum atomic E-state index is -3.87. The molecule has 120 valence electrons. The molecule has 8 heteroatoms. The summed E-state index contributed by atoms with van der Waals surface area (Å²) in [5.41, 5.74) is 2.03. The van der Waals surface area contributed by atoms with Crippen LogP contribution in [-0.4, -0.2) is 23.0 Å². The van der Waals surface area contributed by atoms with Crippen LogP contribution in [0.1, 0.15) is 12.6 Å². The van der Waals surface area contributed by atoms with Gasteiger partial charge in [-0.1, -0.05) is 6.92 Å². The number of pyridine rings is 2. The number of nitrogens with zero attached hydrogens (tertiary/aromatic N) is 2. The summed E-state index contributed by atoms with van der Waals surface area (Å²) in [6.07, 6.45) is 5.39. The molecular formula is C15H16N4O3S. The van der Waals surface area contributed by atoms with E-state index in [9.17, 15) is 13.2 Å². The molecular weight excluding hydrogens is 316 g/mol. The topological polar surface area (TPSA) is 111 Å². The molecule has 0 spiro atoms. The zero-order valence-electron chi connectivity index (χ0n) is 12.7. The van der Waals surface area contributed by atoms with Gasteiger partial charge in [0.05, 0.1) is 5.69 Å². The van der Waals surface area contributed by atoms with Crippen molar-refractivity contribution in [3.05, 3.63) is 46.8 Å². The molecule has 0 fully saturated rings. The zero-order valence-corrected chi connectivity index (χ0v) is 13.5. The highest BCUT2D eigenvalue weighted by molar-refractivity contribution is 7.89. The van der Waals surface area contributed by atoms with Crippen LogP contribution in [0.4, 0.5) is 0 Å². The van der Waals surface area contributed by atoms with Gasteiger partial charge in [0.1, 0.15) is 10.4 Å². The third-order valence-corrected chi connectivity index (χ3v) is 4.74. The SMILES string of the molecule is CCc1ncc(-c2cn(C)c(=O)c3[nH]ccc23)cc1S(N)(=O)=O. The number of primary sulfonamides is 1. The van der Waals surface area contributed by atoms with Gasteiger partial charge in [0.25, 0.3) is 5.56 Å². The molecule has 3 rings (SSSR count). The molecule has 0 unspecified atom stereocenters. The molecule has 0 radical (unpaired) electrons. The van der Waals surface area contributed by atoms with Crippen LogP contribution in [0.25, 0.3) is 22.0 Å². The molecule has 3 N–H and O–H groups in total. The maximum Gasteiger partial charge on any atom is 0.274 e. The number of hydrogen-bond donors (Lipinski definition) is 2. The Morgan fingerprint density at radius 1 is 1.39 bits per heavy atom. The maximum absolute atomic E-state index is 12.1. The molecule has 0 saturated carbocycles. The van der Waals surface area contributed by atoms with Crippen LogP contribution >= 0.6 is 0 Å². The third-order valence-electron chi connectivity index (χ3n) is 3.78. The summed E-state index contributed by atoms with van der Waals surface area (Å²) in [4.78, 5) is 19.2. The van der Waals surface area contributed by atoms with Gasteiger partial charge in [-0.3, -0.25) is 9.78 Å². The number of aromatic nitrogens is 3. The number of hydrogen-bond acceptors (Lipinski definition) is 4. The number of rotatable bonds is 3. The van der Waals surface area contributed by atoms with E-state index >= 15 is 0 Å². The van der Waals surface area contributed by atoms with Crippen LogP contribution in [0.3, 0.4) is 0 Å². The highest BCUT2D eigenvalue weighted by Gasteiger charge is 2.17. The predicted molar refractivity (Wildman–Crippen MR) is 87.5 cm³/mol. The smallest absolute Gasteiger partial charge is 0.274 e. The molecule has 0 amide bonds. The lowest BCUT2D eigenvalue weighted by molar-refractivity contribution is 0.596. The van der Waals surface area contributed by atoms with Crippen molar-refractivity contribution in [2.24, 2.45) is 12.2 Å². The Kier molecular flexibility index (Phi) is 3.57. The molecule has 0 aliphatic rings. The Hall–Kier alpha value is -2.45. The molecule has 7 nitrogen and oxygen atoms in total. The molecule has 0 aromatic carbocycles. The first-order valence-corrected chi connectivity index (χ1v) is 8.56. The summed E-state index contributed by atoms with van der Waals surface area (Å²) < 4.78 is 25.1. The van der Waals surface area contributed by atoms with Crippen LogP contribution < -0.4 is 10.7 Å². The van der Waals surface area contributed by atoms with Crippen molar-refractivity contribution in [2.45, 2.75) is 18.2 Å². The Morgan fingerprint density at radius 3 is 2.78 bits per heavy atom. The normalized spacial score (nSPS) is 12.0. The number of sulfonamides is 1. The number of nitrogens with one attached hydrogen (secondary N) is 1. The lowest BCUT2D eigenvalue weighted by Gasteiger charge is -2.10. The summed E-state index contributed by atoms with van der Waals surface area (Å²) in [6.45, 7) is 1.81. The van der Waals surface area contributed by atoms with Gasteiger partial charge in [0.15, 0.2) is 0 Å². The van der Waals surface area contributed by atoms with Crippen LogP contribution in [-0.2, 0) is 23.5 Å². The summed E-state index contributed by atoms with van der Waals surface area (Å²) in [5, 5.41) is 6.01. The van der Waals surface area contributed by atoms with E-state index in [1.807, 2.05) is 6.92 Å². The Bertz CT molecular complexity index is 1060. The standard InChI is InChI=1S/C15H16N4O3S/c1-3-12-13(23(16,21)22)6-9(7-18-12)11-8-19(2)15(20)14-10(11)4-5-17-14/h4-8,17H,3H2,1-2H3,(H2,16,21,22). The van der Waals surface area contributed by atoms with E-state index in [-0.39, 0.29) is 10.5 Å². The van der Waals surface area contributed by atoms with Gasteiger partial charge in [-0.2, -0.15) is 0 Å². The Morgan fingerprint density at radius 2 is 2.13 bits per heavy atom. The van der Waals surface area contributed by atoms with Crippen molar-refractivity contribution in [3.63, 3.8) is 0 Å². The lowest BCUT2D eigenvalue weighted by Crippen LogP contribution is -2.17. The second kappa shape index (κ2) is 5.32. The molecule has 0 bridgehead atoms. The molecule has 3 aromatic heterocycles. The van der Waals surface area contributed by atoms with Crippen LogP contribution in [0.2, 0.25) is 0 Å². The lowest BCUT2D eigenvalue weighted by atomic mass is 10.1. The Labute approximate surface area is 132 Å². The van der Waals surface area contributed by atoms with E-state index in [0.29, 0.717) is 34.1 Å². The largest absolute Gasteiger partial charge is 0.357 e. The summed E-state index contributed by atoms with van der Waals surface area (Å²) >= 11 is 0. The van der Waals surface area contributed by atoms with Gasteiger partial charge in [-0.15, -0.1) is 0 Å². The van der Waals surface area contributed by atoms with Gasteiger partial charge in [0.2, 0.25) is 10.0 Å². The number of aryl methyl sites for hydroxylation is 2. The number of H-pyrrole nitrogens is 1. The van der Waals surface area contributed by atoms with Crippen molar-refractivity contribution in [1.29, 1.82) is 0 Å². The fourth-order valence-corrected chi connectivity index (χ4v) is 3.45. The predicted octanol–water partition coefficient (Wildman–Crippen LogP) is 1.14. The summed E-state index contributed by atoms with van der Waals surface area (Å²) in [5.74, 6) is 0. The second-order valence-corrected chi connectivity index (χ2v) is 6.82. The fraction of sp³-hybridized carbons (Fsp3) is 0.200. The molecule has 0 saturated heterocycles. The van der Waals surface area contributed by atoms with Crippen molar-refractivity contribution < 1.29 is 8.42 Å². The Balaban J connectivity index is 2.34. The van der Waals surface area contributed by atoms with E-state index in [2.05, 4.69) is 9.97 Å². The quantitative estimate of drug-likeness (QED) is 0.749. The molecule has 0 aliphatic heterocycles. The first-order chi connectivity index (χ1) is 10.8. The van der Waals surface area contributed by atoms with Gasteiger partial charge in [-0.25, -0.2) is 13.6 Å². The van der Waals surface area contributed by atoms with Crippen molar-refractivity contribution in [3.8, 4) is 11.1 Å². The molecule has 0 aliphatic carbocycles. The van der Waals surface area contributed by atoms with E-state index in [0.717, 1.165) is 0 Å². The zero-order chi connectivity index (χ0) is 16.8. The number of nitrogens with two attached hydrogens (primary N) is 1. The molecule has 0 atom stereocenters. The first kappa shape index (κ1) is 15.4. The number of fused-ring (bicyclic) bond motifs is 1. The van der Waals surface area contributed by atoms with Gasteiger partial charge >= 0.3 is 0 Å². The highest BCUT2D eigenvalue weighted by Crippen LogP contribution is 2.28. The minimum Gasteiger partial charge on any atom is -0.357 e. The van der Waals surface area contributed by atoms with Crippen molar-refractivity contribution in [2.75, 3.05) is 0 Å². The number of aromatic amines is 1. The summed E-state index contributed by atoms with van der Waals surface area (Å²) in [7, 11) is -2.23. The molecule has 3 heterocycles. The van der Waals surface area contributed by atoms with Gasteiger partial charge < -0.3 is 9.55 Å². The van der Waals surface area contributed by atoms with Crippen molar-refractivity contribution in [1.82, 2.24) is 14.5 Å². The van der Waals surface area contributed by atoms with Gasteiger partial charge in [0, 0.05) is 42.2 Å². The molecule has 23 heavy (non-hydrogen) atoms. The van der Waals surface area contributed by atoms with E-state index < -0.39 is 10.0 Å². The van der Waals surface area contributed by atoms with Crippen LogP contribution in [0.5, 0.6) is 0 Å². The third kappa shape index (κ3) is 2.55. The highest BCUT2D eigenvalue weighted by atomic mass is 32.2. The average Bonchev–Trinajstić information content (AvgIpc) is 2.99. The van der Waals surface area contributed by atoms with E-state index in [4.69, 9.17) is 5.14 Å².